The number of rotatable bonds is 3. The molecule has 0 amide bonds. The van der Waals surface area contributed by atoms with Gasteiger partial charge in [0.25, 0.3) is 0 Å². The highest BCUT2D eigenvalue weighted by molar-refractivity contribution is 7.65. The largest absolute Gasteiger partial charge is 0.459 e. The van der Waals surface area contributed by atoms with Gasteiger partial charge in [-0.3, -0.25) is 0 Å². The zero-order valence-corrected chi connectivity index (χ0v) is 11.6. The first-order valence-electron chi connectivity index (χ1n) is 3.90. The maximum Gasteiger partial charge on any atom is 0.459 e. The van der Waals surface area contributed by atoms with Gasteiger partial charge in [0.2, 0.25) is 0 Å². The Labute approximate surface area is 117 Å². The Hall–Kier alpha value is 0.317. The van der Waals surface area contributed by atoms with Crippen LogP contribution in [-0.2, 0) is 0 Å². The first-order valence-corrected chi connectivity index (χ1v) is 8.93. The molecule has 0 heterocycles. The summed E-state index contributed by atoms with van der Waals surface area (Å²) in [6.07, 6.45) is -14.2. The topological polar surface area (TPSA) is 0 Å². The van der Waals surface area contributed by atoms with Gasteiger partial charge in [-0.2, -0.15) is 43.9 Å². The molecule has 15 heteroatoms. The van der Waals surface area contributed by atoms with Crippen molar-refractivity contribution in [3.8, 4) is 0 Å². The fraction of sp³-hybridized carbons (Fsp3) is 1.00. The SMILES string of the molecule is FC(F)(F)C(F)(F)C(F)(F)C(F)(C(F)(F)F)[Si](Cl)(Cl)Cl. The van der Waals surface area contributed by atoms with Crippen LogP contribution in [0.5, 0.6) is 0 Å². The zero-order chi connectivity index (χ0) is 17.0. The molecule has 0 fully saturated rings. The highest BCUT2D eigenvalue weighted by Gasteiger charge is 2.92. The molecule has 1 atom stereocenters. The summed E-state index contributed by atoms with van der Waals surface area (Å²) < 4.78 is 136. The van der Waals surface area contributed by atoms with Crippen LogP contribution in [0.4, 0.5) is 48.3 Å². The fourth-order valence-corrected chi connectivity index (χ4v) is 3.78. The predicted molar refractivity (Wildman–Crippen MR) is 49.2 cm³/mol. The minimum absolute atomic E-state index is 4.36. The van der Waals surface area contributed by atoms with E-state index in [0.29, 0.717) is 0 Å². The van der Waals surface area contributed by atoms with Gasteiger partial charge in [-0.25, -0.2) is 4.39 Å². The van der Waals surface area contributed by atoms with Crippen LogP contribution in [-0.4, -0.2) is 35.5 Å². The standard InChI is InChI=1S/C5Cl3F11Si/c6-20(7,8)3(13,5(17,18)19)1(9,10)2(11,12)4(14,15)16. The van der Waals surface area contributed by atoms with Crippen LogP contribution >= 0.6 is 33.2 Å². The Morgan fingerprint density at radius 3 is 0.950 bits per heavy atom. The molecule has 0 spiro atoms. The number of halogens is 14. The summed E-state index contributed by atoms with van der Waals surface area (Å²) in [4.78, 5) is 0. The van der Waals surface area contributed by atoms with Crippen molar-refractivity contribution in [1.29, 1.82) is 0 Å². The monoisotopic (exact) mass is 402 g/mol. The molecule has 1 unspecified atom stereocenters. The van der Waals surface area contributed by atoms with E-state index in [1.807, 2.05) is 0 Å². The lowest BCUT2D eigenvalue weighted by Crippen LogP contribution is -2.73. The van der Waals surface area contributed by atoms with E-state index in [0.717, 1.165) is 0 Å². The van der Waals surface area contributed by atoms with E-state index in [9.17, 15) is 48.3 Å². The molecule has 0 bridgehead atoms. The van der Waals surface area contributed by atoms with Gasteiger partial charge in [0.1, 0.15) is 0 Å². The van der Waals surface area contributed by atoms with E-state index >= 15 is 0 Å². The van der Waals surface area contributed by atoms with E-state index in [1.165, 1.54) is 0 Å². The van der Waals surface area contributed by atoms with Gasteiger partial charge in [-0.05, 0) is 0 Å². The van der Waals surface area contributed by atoms with Gasteiger partial charge in [0, 0.05) is 0 Å². The third-order valence-electron chi connectivity index (χ3n) is 1.96. The maximum absolute atomic E-state index is 13.4. The van der Waals surface area contributed by atoms with Crippen molar-refractivity contribution in [2.75, 3.05) is 0 Å². The Bertz CT molecular complexity index is 352. The summed E-state index contributed by atoms with van der Waals surface area (Å²) in [6, 6.07) is -6.48. The summed E-state index contributed by atoms with van der Waals surface area (Å²) in [5.41, 5.74) is 0. The van der Waals surface area contributed by atoms with E-state index < -0.39 is 35.5 Å². The summed E-state index contributed by atoms with van der Waals surface area (Å²) >= 11 is 13.1. The lowest BCUT2D eigenvalue weighted by Gasteiger charge is -2.41. The van der Waals surface area contributed by atoms with Crippen molar-refractivity contribution in [3.63, 3.8) is 0 Å². The minimum Gasteiger partial charge on any atom is -0.226 e. The molecule has 0 nitrogen and oxygen atoms in total. The van der Waals surface area contributed by atoms with Crippen LogP contribution in [0, 0.1) is 0 Å². The van der Waals surface area contributed by atoms with Gasteiger partial charge >= 0.3 is 35.5 Å². The van der Waals surface area contributed by atoms with Crippen LogP contribution in [0.1, 0.15) is 0 Å². The lowest BCUT2D eigenvalue weighted by atomic mass is 10.1. The summed E-state index contributed by atoms with van der Waals surface area (Å²) in [6.45, 7) is 0. The van der Waals surface area contributed by atoms with Crippen LogP contribution in [0.25, 0.3) is 0 Å². The first kappa shape index (κ1) is 20.3. The summed E-state index contributed by atoms with van der Waals surface area (Å²) in [5.74, 6) is -14.8. The number of hydrogen-bond donors (Lipinski definition) is 0. The van der Waals surface area contributed by atoms with Gasteiger partial charge in [-0.15, -0.1) is 33.2 Å². The highest BCUT2D eigenvalue weighted by Crippen LogP contribution is 2.62. The van der Waals surface area contributed by atoms with E-state index in [-0.39, 0.29) is 0 Å². The van der Waals surface area contributed by atoms with Crippen LogP contribution in [0.3, 0.4) is 0 Å². The Kier molecular flexibility index (Phi) is 4.99. The average molecular weight is 403 g/mol. The highest BCUT2D eigenvalue weighted by atomic mass is 35.8. The molecule has 122 valence electrons. The van der Waals surface area contributed by atoms with E-state index in [1.54, 1.807) is 0 Å². The molecule has 0 saturated heterocycles. The molecule has 0 N–H and O–H groups in total. The molecule has 0 aliphatic rings. The molecule has 20 heavy (non-hydrogen) atoms. The summed E-state index contributed by atoms with van der Waals surface area (Å²) in [5, 5.41) is -6.66. The van der Waals surface area contributed by atoms with Crippen molar-refractivity contribution >= 4 is 39.2 Å². The zero-order valence-electron chi connectivity index (χ0n) is 8.29. The van der Waals surface area contributed by atoms with Crippen LogP contribution < -0.4 is 0 Å². The van der Waals surface area contributed by atoms with Gasteiger partial charge in [-0.1, -0.05) is 0 Å². The predicted octanol–water partition coefficient (Wildman–Crippen LogP) is 5.28. The normalized spacial score (nSPS) is 18.9. The second-order valence-electron chi connectivity index (χ2n) is 3.30. The maximum atomic E-state index is 13.4. The van der Waals surface area contributed by atoms with Crippen molar-refractivity contribution in [2.45, 2.75) is 29.5 Å². The number of alkyl halides is 11. The first-order chi connectivity index (χ1) is 8.25. The Morgan fingerprint density at radius 1 is 0.500 bits per heavy atom. The van der Waals surface area contributed by atoms with Gasteiger partial charge in [0.15, 0.2) is 0 Å². The molecule has 0 saturated carbocycles. The van der Waals surface area contributed by atoms with Crippen molar-refractivity contribution in [1.82, 2.24) is 0 Å². The van der Waals surface area contributed by atoms with E-state index in [4.69, 9.17) is 0 Å². The molecule has 0 rings (SSSR count). The van der Waals surface area contributed by atoms with Crippen LogP contribution in [0.2, 0.25) is 0 Å². The molecule has 0 aliphatic carbocycles. The third kappa shape index (κ3) is 2.67. The fourth-order valence-electron chi connectivity index (χ4n) is 0.911. The summed E-state index contributed by atoms with van der Waals surface area (Å²) in [7, 11) is 0. The molecular weight excluding hydrogens is 403 g/mol. The van der Waals surface area contributed by atoms with Crippen molar-refractivity contribution in [3.05, 3.63) is 0 Å². The lowest BCUT2D eigenvalue weighted by molar-refractivity contribution is -0.396. The molecule has 0 aromatic heterocycles. The minimum atomic E-state index is -7.42. The smallest absolute Gasteiger partial charge is 0.226 e. The van der Waals surface area contributed by atoms with Gasteiger partial charge in [0.05, 0.1) is 0 Å². The molecule has 0 aromatic rings. The van der Waals surface area contributed by atoms with Gasteiger partial charge < -0.3 is 0 Å². The molecule has 0 radical (unpaired) electrons. The molecule has 0 aromatic carbocycles. The molecular formula is C5Cl3F11Si. The number of hydrogen-bond acceptors (Lipinski definition) is 0. The van der Waals surface area contributed by atoms with Crippen molar-refractivity contribution < 1.29 is 48.3 Å². The molecule has 0 aliphatic heterocycles. The quantitative estimate of drug-likeness (QED) is 0.342. The third-order valence-corrected chi connectivity index (χ3v) is 5.69. The Morgan fingerprint density at radius 2 is 0.800 bits per heavy atom. The van der Waals surface area contributed by atoms with E-state index in [2.05, 4.69) is 33.2 Å². The second-order valence-corrected chi connectivity index (χ2v) is 11.8. The van der Waals surface area contributed by atoms with Crippen molar-refractivity contribution in [2.24, 2.45) is 0 Å². The second kappa shape index (κ2) is 4.91. The average Bonchev–Trinajstić information content (AvgIpc) is 2.10. The Balaban J connectivity index is 6.38. The van der Waals surface area contributed by atoms with Crippen LogP contribution in [0.15, 0.2) is 0 Å².